The molecule has 0 unspecified atom stereocenters. The predicted octanol–water partition coefficient (Wildman–Crippen LogP) is 2.24. The van der Waals surface area contributed by atoms with Gasteiger partial charge < -0.3 is 15.1 Å². The van der Waals surface area contributed by atoms with Crippen LogP contribution in [-0.2, 0) is 17.6 Å². The summed E-state index contributed by atoms with van der Waals surface area (Å²) in [6, 6.07) is 13.6. The minimum atomic E-state index is -0.0682. The van der Waals surface area contributed by atoms with Gasteiger partial charge in [-0.05, 0) is 47.9 Å². The molecule has 130 valence electrons. The van der Waals surface area contributed by atoms with Crippen molar-refractivity contribution in [1.29, 1.82) is 0 Å². The summed E-state index contributed by atoms with van der Waals surface area (Å²) in [6.07, 6.45) is 1.21. The third-order valence-electron chi connectivity index (χ3n) is 4.57. The highest BCUT2D eigenvalue weighted by atomic mass is 16.2. The highest BCUT2D eigenvalue weighted by Crippen LogP contribution is 2.28. The van der Waals surface area contributed by atoms with Crippen LogP contribution in [-0.4, -0.2) is 39.5 Å². The number of carbonyl (C=O) groups is 2. The lowest BCUT2D eigenvalue weighted by Crippen LogP contribution is -2.25. The summed E-state index contributed by atoms with van der Waals surface area (Å²) in [7, 11) is 5.74. The Hall–Kier alpha value is -2.82. The number of benzene rings is 2. The van der Waals surface area contributed by atoms with Crippen molar-refractivity contribution in [3.8, 4) is 0 Å². The Kier molecular flexibility index (Phi) is 4.74. The van der Waals surface area contributed by atoms with E-state index in [1.807, 2.05) is 55.4 Å². The Balaban J connectivity index is 1.55. The van der Waals surface area contributed by atoms with Gasteiger partial charge in [0, 0.05) is 44.6 Å². The Bertz CT molecular complexity index is 797. The van der Waals surface area contributed by atoms with Gasteiger partial charge in [-0.25, -0.2) is 0 Å². The summed E-state index contributed by atoms with van der Waals surface area (Å²) >= 11 is 0. The van der Waals surface area contributed by atoms with Gasteiger partial charge in [0.25, 0.3) is 5.91 Å². The Morgan fingerprint density at radius 2 is 1.88 bits per heavy atom. The lowest BCUT2D eigenvalue weighted by atomic mass is 10.1. The molecule has 5 nitrogen and oxygen atoms in total. The van der Waals surface area contributed by atoms with Crippen molar-refractivity contribution >= 4 is 23.2 Å². The molecule has 3 rings (SSSR count). The first-order valence-corrected chi connectivity index (χ1v) is 8.39. The fraction of sp³-hybridized carbons (Fsp3) is 0.300. The highest BCUT2D eigenvalue weighted by molar-refractivity contribution is 6.01. The fourth-order valence-electron chi connectivity index (χ4n) is 3.01. The molecular formula is C20H23N3O2. The Morgan fingerprint density at radius 3 is 2.56 bits per heavy atom. The summed E-state index contributed by atoms with van der Waals surface area (Å²) in [4.78, 5) is 27.6. The number of nitrogens with one attached hydrogen (secondary N) is 1. The van der Waals surface area contributed by atoms with Crippen molar-refractivity contribution in [2.75, 3.05) is 37.5 Å². The van der Waals surface area contributed by atoms with E-state index in [9.17, 15) is 9.59 Å². The lowest BCUT2D eigenvalue weighted by molar-refractivity contribution is -0.117. The maximum atomic E-state index is 12.2. The zero-order valence-corrected chi connectivity index (χ0v) is 14.9. The first-order chi connectivity index (χ1) is 12.0. The molecule has 0 aromatic heterocycles. The first-order valence-electron chi connectivity index (χ1n) is 8.39. The molecule has 1 N–H and O–H groups in total. The van der Waals surface area contributed by atoms with Gasteiger partial charge in [-0.2, -0.15) is 0 Å². The number of nitrogens with zero attached hydrogens (tertiary/aromatic N) is 2. The summed E-state index contributed by atoms with van der Waals surface area (Å²) in [5, 5.41) is 2.95. The number of anilines is 2. The second kappa shape index (κ2) is 6.97. The van der Waals surface area contributed by atoms with E-state index in [1.54, 1.807) is 11.9 Å². The molecule has 2 aromatic rings. The molecule has 1 aliphatic heterocycles. The Morgan fingerprint density at radius 1 is 1.16 bits per heavy atom. The van der Waals surface area contributed by atoms with Crippen LogP contribution in [0.15, 0.2) is 42.5 Å². The molecule has 5 heteroatoms. The molecule has 0 saturated carbocycles. The van der Waals surface area contributed by atoms with Crippen molar-refractivity contribution in [3.63, 3.8) is 0 Å². The molecule has 0 saturated heterocycles. The van der Waals surface area contributed by atoms with Crippen molar-refractivity contribution in [1.82, 2.24) is 5.32 Å². The summed E-state index contributed by atoms with van der Waals surface area (Å²) < 4.78 is 0. The summed E-state index contributed by atoms with van der Waals surface area (Å²) in [5.41, 5.74) is 4.90. The van der Waals surface area contributed by atoms with Crippen LogP contribution in [0.25, 0.3) is 0 Å². The Labute approximate surface area is 148 Å². The van der Waals surface area contributed by atoms with Gasteiger partial charge in [0.1, 0.15) is 0 Å². The number of fused-ring (bicyclic) bond motifs is 1. The maximum Gasteiger partial charge on any atom is 0.251 e. The number of hydrogen-bond acceptors (Lipinski definition) is 3. The number of carbonyl (C=O) groups excluding carboxylic acids is 2. The molecule has 2 amide bonds. The minimum Gasteiger partial charge on any atom is -0.378 e. The van der Waals surface area contributed by atoms with E-state index in [0.29, 0.717) is 18.5 Å². The fourth-order valence-corrected chi connectivity index (χ4v) is 3.01. The minimum absolute atomic E-state index is 0.0682. The number of hydrogen-bond donors (Lipinski definition) is 1. The van der Waals surface area contributed by atoms with Gasteiger partial charge in [0.05, 0.1) is 6.42 Å². The van der Waals surface area contributed by atoms with Crippen molar-refractivity contribution in [2.45, 2.75) is 12.8 Å². The quantitative estimate of drug-likeness (QED) is 0.910. The molecule has 0 atom stereocenters. The lowest BCUT2D eigenvalue weighted by Gasteiger charge is -2.13. The van der Waals surface area contributed by atoms with Gasteiger partial charge in [-0.3, -0.25) is 9.59 Å². The topological polar surface area (TPSA) is 52.7 Å². The van der Waals surface area contributed by atoms with Gasteiger partial charge in [-0.1, -0.05) is 12.1 Å². The van der Waals surface area contributed by atoms with E-state index in [2.05, 4.69) is 11.4 Å². The van der Waals surface area contributed by atoms with E-state index < -0.39 is 0 Å². The van der Waals surface area contributed by atoms with Crippen LogP contribution >= 0.6 is 0 Å². The zero-order valence-electron chi connectivity index (χ0n) is 14.9. The second-order valence-electron chi connectivity index (χ2n) is 6.54. The predicted molar refractivity (Wildman–Crippen MR) is 100 cm³/mol. The van der Waals surface area contributed by atoms with E-state index in [-0.39, 0.29) is 11.8 Å². The molecule has 0 bridgehead atoms. The zero-order chi connectivity index (χ0) is 18.0. The molecule has 1 heterocycles. The molecule has 1 aliphatic rings. The number of amides is 2. The highest BCUT2D eigenvalue weighted by Gasteiger charge is 2.23. The van der Waals surface area contributed by atoms with Crippen LogP contribution in [0.5, 0.6) is 0 Å². The van der Waals surface area contributed by atoms with Gasteiger partial charge in [0.15, 0.2) is 0 Å². The van der Waals surface area contributed by atoms with Crippen LogP contribution < -0.4 is 15.1 Å². The van der Waals surface area contributed by atoms with Crippen LogP contribution in [0.1, 0.15) is 21.5 Å². The molecular weight excluding hydrogens is 314 g/mol. The van der Waals surface area contributed by atoms with E-state index in [0.717, 1.165) is 28.9 Å². The number of likely N-dealkylation sites (N-methyl/N-ethyl adjacent to an activating group) is 1. The SMILES string of the molecule is CN(C)c1ccc(C(=O)NCCc2ccc3c(c2)CC(=O)N3C)cc1. The summed E-state index contributed by atoms with van der Waals surface area (Å²) in [5.74, 6) is 0.0583. The average molecular weight is 337 g/mol. The van der Waals surface area contributed by atoms with Gasteiger partial charge in [0.2, 0.25) is 5.91 Å². The monoisotopic (exact) mass is 337 g/mol. The van der Waals surface area contributed by atoms with Crippen molar-refractivity contribution in [3.05, 3.63) is 59.2 Å². The third kappa shape index (κ3) is 3.65. The second-order valence-corrected chi connectivity index (χ2v) is 6.54. The molecule has 0 radical (unpaired) electrons. The largest absolute Gasteiger partial charge is 0.378 e. The van der Waals surface area contributed by atoms with E-state index >= 15 is 0 Å². The van der Waals surface area contributed by atoms with Crippen LogP contribution in [0.4, 0.5) is 11.4 Å². The number of rotatable bonds is 5. The average Bonchev–Trinajstić information content (AvgIpc) is 2.88. The molecule has 2 aromatic carbocycles. The van der Waals surface area contributed by atoms with E-state index in [1.165, 1.54) is 0 Å². The maximum absolute atomic E-state index is 12.2. The molecule has 0 spiro atoms. The van der Waals surface area contributed by atoms with Crippen LogP contribution in [0.3, 0.4) is 0 Å². The van der Waals surface area contributed by atoms with Gasteiger partial charge in [-0.15, -0.1) is 0 Å². The third-order valence-corrected chi connectivity index (χ3v) is 4.57. The van der Waals surface area contributed by atoms with Crippen molar-refractivity contribution in [2.24, 2.45) is 0 Å². The smallest absolute Gasteiger partial charge is 0.251 e. The first kappa shape index (κ1) is 17.0. The van der Waals surface area contributed by atoms with E-state index in [4.69, 9.17) is 0 Å². The van der Waals surface area contributed by atoms with Crippen LogP contribution in [0.2, 0.25) is 0 Å². The molecule has 0 aliphatic carbocycles. The van der Waals surface area contributed by atoms with Crippen LogP contribution in [0, 0.1) is 0 Å². The summed E-state index contributed by atoms with van der Waals surface area (Å²) in [6.45, 7) is 0.566. The van der Waals surface area contributed by atoms with Gasteiger partial charge >= 0.3 is 0 Å². The normalized spacial score (nSPS) is 12.9. The molecule has 0 fully saturated rings. The molecule has 25 heavy (non-hydrogen) atoms. The standard InChI is InChI=1S/C20H23N3O2/c1-22(2)17-7-5-15(6-8-17)20(25)21-11-10-14-4-9-18-16(12-14)13-19(24)23(18)3/h4-9,12H,10-11,13H2,1-3H3,(H,21,25). The van der Waals surface area contributed by atoms with Crippen molar-refractivity contribution < 1.29 is 9.59 Å².